The van der Waals surface area contributed by atoms with Gasteiger partial charge in [-0.15, -0.1) is 0 Å². The normalized spacial score (nSPS) is 17.8. The van der Waals surface area contributed by atoms with Crippen molar-refractivity contribution in [3.05, 3.63) is 59.8 Å². The molecule has 5 rings (SSSR count). The number of ether oxygens (including phenoxy) is 2. The second-order valence-electron chi connectivity index (χ2n) is 6.92. The maximum Gasteiger partial charge on any atom is 0.231 e. The Bertz CT molecular complexity index is 1000. The molecule has 0 saturated carbocycles. The van der Waals surface area contributed by atoms with Crippen LogP contribution >= 0.6 is 0 Å². The van der Waals surface area contributed by atoms with Gasteiger partial charge in [0.1, 0.15) is 0 Å². The van der Waals surface area contributed by atoms with Crippen molar-refractivity contribution in [1.29, 1.82) is 0 Å². The van der Waals surface area contributed by atoms with E-state index in [4.69, 9.17) is 9.47 Å². The quantitative estimate of drug-likeness (QED) is 0.717. The number of Topliss-reactive ketones (excluding diaryl/α,β-unsaturated/α-hetero) is 1. The van der Waals surface area contributed by atoms with E-state index in [1.54, 1.807) is 0 Å². The van der Waals surface area contributed by atoms with Crippen molar-refractivity contribution < 1.29 is 19.1 Å². The maximum atomic E-state index is 11.9. The number of piperidine rings is 1. The molecular weight excluding hydrogens is 356 g/mol. The van der Waals surface area contributed by atoms with Crippen molar-refractivity contribution >= 4 is 22.6 Å². The lowest BCUT2D eigenvalue weighted by Gasteiger charge is -2.22. The lowest BCUT2D eigenvalue weighted by atomic mass is 9.95. The number of fused-ring (bicyclic) bond motifs is 2. The van der Waals surface area contributed by atoms with Crippen LogP contribution in [0.3, 0.4) is 0 Å². The first kappa shape index (κ1) is 18.1. The zero-order chi connectivity index (χ0) is 19.5. The highest BCUT2D eigenvalue weighted by Crippen LogP contribution is 2.30. The first-order valence-corrected chi connectivity index (χ1v) is 9.34. The molecule has 2 aromatic carbocycles. The van der Waals surface area contributed by atoms with E-state index in [1.165, 1.54) is 0 Å². The van der Waals surface area contributed by atoms with E-state index in [9.17, 15) is 9.59 Å². The third-order valence-corrected chi connectivity index (χ3v) is 5.04. The van der Waals surface area contributed by atoms with Crippen LogP contribution in [-0.2, 0) is 16.0 Å². The largest absolute Gasteiger partial charge is 0.454 e. The Labute approximate surface area is 162 Å². The summed E-state index contributed by atoms with van der Waals surface area (Å²) in [6.45, 7) is 2.36. The van der Waals surface area contributed by atoms with E-state index in [0.717, 1.165) is 33.7 Å². The summed E-state index contributed by atoms with van der Waals surface area (Å²) >= 11 is 0. The fourth-order valence-corrected chi connectivity index (χ4v) is 3.57. The summed E-state index contributed by atoms with van der Waals surface area (Å²) in [5.74, 6) is 1.79. The van der Waals surface area contributed by atoms with E-state index in [0.29, 0.717) is 26.1 Å². The van der Waals surface area contributed by atoms with Crippen LogP contribution < -0.4 is 14.8 Å². The zero-order valence-corrected chi connectivity index (χ0v) is 15.7. The molecule has 3 aromatic rings. The highest BCUT2D eigenvalue weighted by molar-refractivity contribution is 5.96. The monoisotopic (exact) mass is 378 g/mol. The van der Waals surface area contributed by atoms with Crippen molar-refractivity contribution in [2.45, 2.75) is 32.2 Å². The molecule has 0 radical (unpaired) electrons. The lowest BCUT2D eigenvalue weighted by Crippen LogP contribution is -2.46. The molecule has 1 fully saturated rings. The van der Waals surface area contributed by atoms with E-state index in [2.05, 4.69) is 10.3 Å². The van der Waals surface area contributed by atoms with Crippen molar-refractivity contribution in [1.82, 2.24) is 10.3 Å². The third-order valence-electron chi connectivity index (χ3n) is 5.04. The van der Waals surface area contributed by atoms with Gasteiger partial charge in [-0.2, -0.15) is 0 Å². The van der Waals surface area contributed by atoms with Gasteiger partial charge in [-0.1, -0.05) is 30.3 Å². The van der Waals surface area contributed by atoms with E-state index in [1.807, 2.05) is 55.5 Å². The predicted octanol–water partition coefficient (Wildman–Crippen LogP) is 3.28. The van der Waals surface area contributed by atoms with Gasteiger partial charge in [0.25, 0.3) is 0 Å². The molecule has 0 aliphatic carbocycles. The summed E-state index contributed by atoms with van der Waals surface area (Å²) in [4.78, 5) is 26.6. The van der Waals surface area contributed by atoms with Gasteiger partial charge in [0, 0.05) is 35.9 Å². The van der Waals surface area contributed by atoms with Gasteiger partial charge in [0.15, 0.2) is 17.3 Å². The van der Waals surface area contributed by atoms with E-state index in [-0.39, 0.29) is 17.7 Å². The van der Waals surface area contributed by atoms with Gasteiger partial charge < -0.3 is 19.8 Å². The standard InChI is InChI=1S/C15H16N2O2.C7H6O2/c1-9-11(10-4-2-3-5-12(10)16-9)8-13-14(18)6-7-15(19)17-13;1-2-4-7-6(3-1)8-5-9-7/h2-5,13,16H,6-8H2,1H3,(H,17,19);1-4H,5H2. The van der Waals surface area contributed by atoms with Gasteiger partial charge >= 0.3 is 0 Å². The molecule has 2 aliphatic heterocycles. The Hall–Kier alpha value is -3.28. The minimum absolute atomic E-state index is 0.0258. The van der Waals surface area contributed by atoms with Gasteiger partial charge in [-0.05, 0) is 30.7 Å². The molecule has 1 atom stereocenters. The van der Waals surface area contributed by atoms with Crippen LogP contribution in [0.15, 0.2) is 48.5 Å². The van der Waals surface area contributed by atoms with Crippen LogP contribution in [-0.4, -0.2) is 29.5 Å². The maximum absolute atomic E-state index is 11.9. The summed E-state index contributed by atoms with van der Waals surface area (Å²) in [5.41, 5.74) is 3.26. The number of aromatic amines is 1. The summed E-state index contributed by atoms with van der Waals surface area (Å²) in [6.07, 6.45) is 1.25. The Balaban J connectivity index is 0.000000177. The third kappa shape index (κ3) is 3.71. The van der Waals surface area contributed by atoms with Crippen LogP contribution in [0.1, 0.15) is 24.1 Å². The number of hydrogen-bond donors (Lipinski definition) is 2. The molecule has 144 valence electrons. The zero-order valence-electron chi connectivity index (χ0n) is 15.7. The van der Waals surface area contributed by atoms with Gasteiger partial charge in [0.05, 0.1) is 6.04 Å². The number of H-pyrrole nitrogens is 1. The number of benzene rings is 2. The Morgan fingerprint density at radius 3 is 2.39 bits per heavy atom. The van der Waals surface area contributed by atoms with Crippen molar-refractivity contribution in [2.75, 3.05) is 6.79 Å². The van der Waals surface area contributed by atoms with E-state index < -0.39 is 0 Å². The smallest absolute Gasteiger partial charge is 0.231 e. The minimum atomic E-state index is -0.376. The molecule has 1 unspecified atom stereocenters. The number of amides is 1. The van der Waals surface area contributed by atoms with Crippen LogP contribution in [0.5, 0.6) is 11.5 Å². The van der Waals surface area contributed by atoms with Gasteiger partial charge in [0.2, 0.25) is 12.7 Å². The second kappa shape index (κ2) is 7.76. The minimum Gasteiger partial charge on any atom is -0.454 e. The van der Waals surface area contributed by atoms with Crippen LogP contribution in [0, 0.1) is 6.92 Å². The molecular formula is C22H22N2O4. The molecule has 6 heteroatoms. The van der Waals surface area contributed by atoms with Gasteiger partial charge in [-0.3, -0.25) is 9.59 Å². The molecule has 1 amide bonds. The number of carbonyl (C=O) groups excluding carboxylic acids is 2. The predicted molar refractivity (Wildman–Crippen MR) is 105 cm³/mol. The topological polar surface area (TPSA) is 80.4 Å². The Kier molecular flexibility index (Phi) is 5.02. The number of aryl methyl sites for hydroxylation is 1. The van der Waals surface area contributed by atoms with Crippen LogP contribution in [0.4, 0.5) is 0 Å². The number of aromatic nitrogens is 1. The summed E-state index contributed by atoms with van der Waals surface area (Å²) < 4.78 is 10.2. The number of para-hydroxylation sites is 3. The number of hydrogen-bond acceptors (Lipinski definition) is 4. The van der Waals surface area contributed by atoms with Gasteiger partial charge in [-0.25, -0.2) is 0 Å². The summed E-state index contributed by atoms with van der Waals surface area (Å²) in [7, 11) is 0. The second-order valence-corrected chi connectivity index (χ2v) is 6.92. The fourth-order valence-electron chi connectivity index (χ4n) is 3.57. The van der Waals surface area contributed by atoms with E-state index >= 15 is 0 Å². The highest BCUT2D eigenvalue weighted by Gasteiger charge is 2.27. The number of ketones is 1. The molecule has 1 saturated heterocycles. The Morgan fingerprint density at radius 2 is 1.64 bits per heavy atom. The molecule has 1 aromatic heterocycles. The van der Waals surface area contributed by atoms with Crippen molar-refractivity contribution in [2.24, 2.45) is 0 Å². The molecule has 2 N–H and O–H groups in total. The number of nitrogens with one attached hydrogen (secondary N) is 2. The first-order valence-electron chi connectivity index (χ1n) is 9.34. The van der Waals surface area contributed by atoms with Crippen LogP contribution in [0.2, 0.25) is 0 Å². The molecule has 3 heterocycles. The Morgan fingerprint density at radius 1 is 0.964 bits per heavy atom. The lowest BCUT2D eigenvalue weighted by molar-refractivity contribution is -0.132. The molecule has 6 nitrogen and oxygen atoms in total. The van der Waals surface area contributed by atoms with Crippen molar-refractivity contribution in [3.8, 4) is 11.5 Å². The molecule has 28 heavy (non-hydrogen) atoms. The summed E-state index contributed by atoms with van der Waals surface area (Å²) in [5, 5.41) is 3.93. The first-order chi connectivity index (χ1) is 13.6. The molecule has 0 bridgehead atoms. The number of carbonyl (C=O) groups is 2. The van der Waals surface area contributed by atoms with Crippen LogP contribution in [0.25, 0.3) is 10.9 Å². The highest BCUT2D eigenvalue weighted by atomic mass is 16.7. The number of rotatable bonds is 2. The van der Waals surface area contributed by atoms with Crippen molar-refractivity contribution in [3.63, 3.8) is 0 Å². The average Bonchev–Trinajstić information content (AvgIpc) is 3.30. The fraction of sp³-hybridized carbons (Fsp3) is 0.273. The SMILES string of the molecule is Cc1[nH]c2ccccc2c1CC1NC(=O)CCC1=O.c1ccc2c(c1)OCO2. The average molecular weight is 378 g/mol. The summed E-state index contributed by atoms with van der Waals surface area (Å²) in [6, 6.07) is 15.3. The molecule has 2 aliphatic rings. The molecule has 0 spiro atoms.